The second-order valence-electron chi connectivity index (χ2n) is 6.45. The van der Waals surface area contributed by atoms with Crippen molar-refractivity contribution < 1.29 is 9.53 Å². The summed E-state index contributed by atoms with van der Waals surface area (Å²) in [6.45, 7) is 0.469. The number of nitrogens with one attached hydrogen (secondary N) is 1. The molecule has 1 aromatic heterocycles. The smallest absolute Gasteiger partial charge is 0.248 e. The summed E-state index contributed by atoms with van der Waals surface area (Å²) in [4.78, 5) is 18.3. The topological polar surface area (TPSA) is 54.5 Å². The Bertz CT molecular complexity index is 936. The third-order valence-corrected chi connectivity index (χ3v) is 4.08. The van der Waals surface area contributed by atoms with Gasteiger partial charge >= 0.3 is 0 Å². The predicted molar refractivity (Wildman–Crippen MR) is 113 cm³/mol. The van der Waals surface area contributed by atoms with E-state index in [1.54, 1.807) is 18.5 Å². The fraction of sp³-hybridized carbons (Fsp3) is 0.130. The van der Waals surface area contributed by atoms with E-state index in [4.69, 9.17) is 4.74 Å². The first-order chi connectivity index (χ1) is 13.6. The highest BCUT2D eigenvalue weighted by molar-refractivity contribution is 6.03. The van der Waals surface area contributed by atoms with Crippen molar-refractivity contribution in [1.82, 2.24) is 4.98 Å². The van der Waals surface area contributed by atoms with Gasteiger partial charge in [0.05, 0.1) is 11.4 Å². The van der Waals surface area contributed by atoms with Gasteiger partial charge in [0.1, 0.15) is 12.4 Å². The van der Waals surface area contributed by atoms with Crippen molar-refractivity contribution in [2.24, 2.45) is 0 Å². The molecule has 1 heterocycles. The molecule has 0 radical (unpaired) electrons. The zero-order chi connectivity index (χ0) is 19.8. The maximum atomic E-state index is 12.2. The molecule has 28 heavy (non-hydrogen) atoms. The normalized spacial score (nSPS) is 10.6. The number of amides is 1. The van der Waals surface area contributed by atoms with Crippen molar-refractivity contribution in [2.45, 2.75) is 6.61 Å². The molecule has 0 unspecified atom stereocenters. The average molecular weight is 373 g/mol. The largest absolute Gasteiger partial charge is 0.489 e. The summed E-state index contributed by atoms with van der Waals surface area (Å²) < 4.78 is 5.74. The Kier molecular flexibility index (Phi) is 6.41. The molecule has 0 aliphatic heterocycles. The van der Waals surface area contributed by atoms with Crippen LogP contribution in [0.25, 0.3) is 6.08 Å². The number of nitrogens with zero attached hydrogens (tertiary/aromatic N) is 2. The van der Waals surface area contributed by atoms with Gasteiger partial charge in [-0.2, -0.15) is 0 Å². The number of carbonyl (C=O) groups is 1. The molecule has 0 saturated carbocycles. The Morgan fingerprint density at radius 1 is 1.07 bits per heavy atom. The van der Waals surface area contributed by atoms with Gasteiger partial charge in [-0.3, -0.25) is 9.78 Å². The number of ether oxygens (including phenoxy) is 1. The first-order valence-electron chi connectivity index (χ1n) is 8.99. The molecule has 2 aromatic carbocycles. The number of pyridine rings is 1. The summed E-state index contributed by atoms with van der Waals surface area (Å²) in [6, 6.07) is 19.1. The van der Waals surface area contributed by atoms with E-state index in [9.17, 15) is 4.79 Å². The van der Waals surface area contributed by atoms with Crippen LogP contribution < -0.4 is 15.0 Å². The minimum Gasteiger partial charge on any atom is -0.489 e. The molecular formula is C23H23N3O2. The van der Waals surface area contributed by atoms with E-state index in [1.165, 1.54) is 6.08 Å². The molecule has 0 fully saturated rings. The quantitative estimate of drug-likeness (QED) is 0.625. The van der Waals surface area contributed by atoms with E-state index in [2.05, 4.69) is 10.3 Å². The van der Waals surface area contributed by atoms with Crippen LogP contribution in [0.5, 0.6) is 5.75 Å². The number of hydrogen-bond donors (Lipinski definition) is 1. The molecule has 3 aromatic rings. The Labute approximate surface area is 165 Å². The Balaban J connectivity index is 1.56. The molecule has 0 aliphatic rings. The number of benzene rings is 2. The van der Waals surface area contributed by atoms with Crippen molar-refractivity contribution in [3.05, 3.63) is 90.3 Å². The first kappa shape index (κ1) is 19.2. The molecule has 0 spiro atoms. The van der Waals surface area contributed by atoms with Crippen LogP contribution in [0.4, 0.5) is 11.4 Å². The molecule has 142 valence electrons. The van der Waals surface area contributed by atoms with Crippen molar-refractivity contribution in [2.75, 3.05) is 24.3 Å². The third kappa shape index (κ3) is 5.45. The van der Waals surface area contributed by atoms with Gasteiger partial charge in [-0.25, -0.2) is 0 Å². The maximum absolute atomic E-state index is 12.2. The number of hydrogen-bond acceptors (Lipinski definition) is 4. The van der Waals surface area contributed by atoms with Crippen LogP contribution in [0, 0.1) is 0 Å². The van der Waals surface area contributed by atoms with Gasteiger partial charge in [0.25, 0.3) is 0 Å². The van der Waals surface area contributed by atoms with E-state index in [0.29, 0.717) is 6.61 Å². The average Bonchev–Trinajstić information content (AvgIpc) is 2.72. The summed E-state index contributed by atoms with van der Waals surface area (Å²) >= 11 is 0. The fourth-order valence-corrected chi connectivity index (χ4v) is 2.64. The van der Waals surface area contributed by atoms with Gasteiger partial charge < -0.3 is 15.0 Å². The van der Waals surface area contributed by atoms with Crippen molar-refractivity contribution >= 4 is 23.4 Å². The van der Waals surface area contributed by atoms with E-state index in [0.717, 1.165) is 28.3 Å². The van der Waals surface area contributed by atoms with E-state index < -0.39 is 0 Å². The van der Waals surface area contributed by atoms with Crippen LogP contribution in [0.15, 0.2) is 79.1 Å². The van der Waals surface area contributed by atoms with Gasteiger partial charge in [-0.1, -0.05) is 30.3 Å². The number of rotatable bonds is 7. The van der Waals surface area contributed by atoms with E-state index in [1.807, 2.05) is 79.7 Å². The molecule has 1 N–H and O–H groups in total. The second kappa shape index (κ2) is 9.37. The first-order valence-corrected chi connectivity index (χ1v) is 8.99. The summed E-state index contributed by atoms with van der Waals surface area (Å²) in [7, 11) is 3.89. The Hall–Kier alpha value is -3.60. The van der Waals surface area contributed by atoms with Crippen molar-refractivity contribution in [3.63, 3.8) is 0 Å². The minimum absolute atomic E-state index is 0.175. The highest BCUT2D eigenvalue weighted by atomic mass is 16.5. The molecule has 5 nitrogen and oxygen atoms in total. The van der Waals surface area contributed by atoms with Gasteiger partial charge in [0, 0.05) is 38.1 Å². The van der Waals surface area contributed by atoms with Crippen LogP contribution in [0.2, 0.25) is 0 Å². The summed E-state index contributed by atoms with van der Waals surface area (Å²) in [5, 5.41) is 2.91. The molecule has 0 atom stereocenters. The molecule has 1 amide bonds. The van der Waals surface area contributed by atoms with Crippen LogP contribution >= 0.6 is 0 Å². The molecule has 3 rings (SSSR count). The van der Waals surface area contributed by atoms with E-state index >= 15 is 0 Å². The monoisotopic (exact) mass is 373 g/mol. The zero-order valence-corrected chi connectivity index (χ0v) is 16.0. The van der Waals surface area contributed by atoms with Crippen LogP contribution in [0.3, 0.4) is 0 Å². The van der Waals surface area contributed by atoms with Crippen LogP contribution in [-0.4, -0.2) is 25.0 Å². The fourth-order valence-electron chi connectivity index (χ4n) is 2.64. The Morgan fingerprint density at radius 3 is 2.57 bits per heavy atom. The van der Waals surface area contributed by atoms with Crippen LogP contribution in [0.1, 0.15) is 11.1 Å². The van der Waals surface area contributed by atoms with Crippen molar-refractivity contribution in [3.8, 4) is 5.75 Å². The molecule has 0 saturated heterocycles. The highest BCUT2D eigenvalue weighted by Crippen LogP contribution is 2.23. The highest BCUT2D eigenvalue weighted by Gasteiger charge is 2.05. The predicted octanol–water partition coefficient (Wildman–Crippen LogP) is 4.38. The summed E-state index contributed by atoms with van der Waals surface area (Å²) in [6.07, 6.45) is 6.82. The van der Waals surface area contributed by atoms with Crippen molar-refractivity contribution in [1.29, 1.82) is 0 Å². The van der Waals surface area contributed by atoms with Gasteiger partial charge in [0.15, 0.2) is 0 Å². The third-order valence-electron chi connectivity index (χ3n) is 4.08. The van der Waals surface area contributed by atoms with Gasteiger partial charge in [-0.15, -0.1) is 0 Å². The molecular weight excluding hydrogens is 350 g/mol. The second-order valence-corrected chi connectivity index (χ2v) is 6.45. The lowest BCUT2D eigenvalue weighted by molar-refractivity contribution is -0.111. The number of carbonyl (C=O) groups excluding carboxylic acids is 1. The van der Waals surface area contributed by atoms with Gasteiger partial charge in [-0.05, 0) is 42.0 Å². The Morgan fingerprint density at radius 2 is 1.86 bits per heavy atom. The number of para-hydroxylation sites is 2. The lowest BCUT2D eigenvalue weighted by atomic mass is 10.2. The number of aromatic nitrogens is 1. The zero-order valence-electron chi connectivity index (χ0n) is 16.0. The maximum Gasteiger partial charge on any atom is 0.248 e. The standard InChI is InChI=1S/C23H23N3O2/c1-26(2)22-8-4-3-7-21(22)25-23(27)14-11-18-9-12-20(13-10-18)28-17-19-6-5-15-24-16-19/h3-16H,17H2,1-2H3,(H,25,27). The lowest BCUT2D eigenvalue weighted by Crippen LogP contribution is -2.14. The lowest BCUT2D eigenvalue weighted by Gasteiger charge is -2.17. The molecule has 0 bridgehead atoms. The van der Waals surface area contributed by atoms with Gasteiger partial charge in [0.2, 0.25) is 5.91 Å². The van der Waals surface area contributed by atoms with E-state index in [-0.39, 0.29) is 5.91 Å². The summed E-state index contributed by atoms with van der Waals surface area (Å²) in [5.41, 5.74) is 3.67. The number of anilines is 2. The minimum atomic E-state index is -0.175. The van der Waals surface area contributed by atoms with Crippen LogP contribution in [-0.2, 0) is 11.4 Å². The molecule has 0 aliphatic carbocycles. The molecule has 5 heteroatoms. The SMILES string of the molecule is CN(C)c1ccccc1NC(=O)C=Cc1ccc(OCc2cccnc2)cc1. The summed E-state index contributed by atoms with van der Waals surface area (Å²) in [5.74, 6) is 0.594.